The molecule has 0 fully saturated rings. The second-order valence-electron chi connectivity index (χ2n) is 6.70. The molecule has 5 heteroatoms. The average Bonchev–Trinajstić information content (AvgIpc) is 2.81. The second-order valence-corrected chi connectivity index (χ2v) is 6.70. The van der Waals surface area contributed by atoms with E-state index in [2.05, 4.69) is 24.4 Å². The molecule has 23 heavy (non-hydrogen) atoms. The highest BCUT2D eigenvalue weighted by Crippen LogP contribution is 2.38. The molecule has 1 aliphatic rings. The molecule has 5 nitrogen and oxygen atoms in total. The standard InChI is InChI=1S/C18H20N2O3/c1-11-15-13(20-19-12-7-5-4-6-8-12)9-18(2,3)10-14(15)23-16(11)17(21)22/h4-8,19H,9-10H2,1-3H3,(H,21,22)/p-1. The van der Waals surface area contributed by atoms with Crippen molar-refractivity contribution < 1.29 is 14.3 Å². The molecule has 0 unspecified atom stereocenters. The van der Waals surface area contributed by atoms with Crippen LogP contribution in [0.2, 0.25) is 0 Å². The Balaban J connectivity index is 2.03. The summed E-state index contributed by atoms with van der Waals surface area (Å²) in [5, 5.41) is 15.7. The fraction of sp³-hybridized carbons (Fsp3) is 0.333. The lowest BCUT2D eigenvalue weighted by molar-refractivity contribution is -0.257. The van der Waals surface area contributed by atoms with Crippen molar-refractivity contribution >= 4 is 17.4 Å². The molecule has 1 heterocycles. The molecule has 1 aliphatic carbocycles. The average molecular weight is 311 g/mol. The third kappa shape index (κ3) is 2.99. The molecule has 120 valence electrons. The number of anilines is 1. The van der Waals surface area contributed by atoms with Crippen LogP contribution < -0.4 is 10.5 Å². The molecule has 0 radical (unpaired) electrons. The van der Waals surface area contributed by atoms with E-state index in [-0.39, 0.29) is 11.2 Å². The van der Waals surface area contributed by atoms with E-state index in [4.69, 9.17) is 4.42 Å². The molecule has 0 bridgehead atoms. The Kier molecular flexibility index (Phi) is 3.72. The first kappa shape index (κ1) is 15.3. The van der Waals surface area contributed by atoms with Gasteiger partial charge in [0, 0.05) is 17.5 Å². The molecule has 2 aromatic rings. The Morgan fingerprint density at radius 3 is 2.61 bits per heavy atom. The second kappa shape index (κ2) is 5.57. The number of rotatable bonds is 3. The van der Waals surface area contributed by atoms with E-state index in [1.807, 2.05) is 30.3 Å². The van der Waals surface area contributed by atoms with Crippen LogP contribution >= 0.6 is 0 Å². The zero-order valence-corrected chi connectivity index (χ0v) is 13.5. The van der Waals surface area contributed by atoms with Gasteiger partial charge in [0.25, 0.3) is 0 Å². The summed E-state index contributed by atoms with van der Waals surface area (Å²) in [5.41, 5.74) is 6.08. The number of nitrogens with zero attached hydrogens (tertiary/aromatic N) is 1. The molecule has 1 aromatic carbocycles. The summed E-state index contributed by atoms with van der Waals surface area (Å²) in [7, 11) is 0. The minimum absolute atomic E-state index is 0.0440. The van der Waals surface area contributed by atoms with Crippen LogP contribution in [0.5, 0.6) is 0 Å². The number of carboxylic acid groups (broad SMARTS) is 1. The SMILES string of the molecule is Cc1c(C(=O)[O-])oc2c1C(=NNc1ccccc1)CC(C)(C)C2. The molecule has 0 spiro atoms. The number of nitrogens with one attached hydrogen (secondary N) is 1. The minimum atomic E-state index is -1.29. The van der Waals surface area contributed by atoms with Gasteiger partial charge in [-0.15, -0.1) is 0 Å². The monoisotopic (exact) mass is 311 g/mol. The van der Waals surface area contributed by atoms with Crippen LogP contribution in [0, 0.1) is 12.3 Å². The van der Waals surface area contributed by atoms with Crippen molar-refractivity contribution in [3.05, 3.63) is 53.0 Å². The largest absolute Gasteiger partial charge is 0.542 e. The van der Waals surface area contributed by atoms with Gasteiger partial charge in [0.05, 0.1) is 11.4 Å². The van der Waals surface area contributed by atoms with Crippen molar-refractivity contribution in [2.45, 2.75) is 33.6 Å². The first-order valence-electron chi connectivity index (χ1n) is 7.59. The predicted octanol–water partition coefficient (Wildman–Crippen LogP) is 2.74. The normalized spacial score (nSPS) is 17.8. The van der Waals surface area contributed by atoms with Crippen LogP contribution in [0.25, 0.3) is 0 Å². The van der Waals surface area contributed by atoms with Crippen molar-refractivity contribution in [3.8, 4) is 0 Å². The predicted molar refractivity (Wildman–Crippen MR) is 86.5 cm³/mol. The quantitative estimate of drug-likeness (QED) is 0.884. The van der Waals surface area contributed by atoms with Crippen molar-refractivity contribution in [2.24, 2.45) is 10.5 Å². The highest BCUT2D eigenvalue weighted by Gasteiger charge is 2.35. The molecule has 1 aromatic heterocycles. The number of para-hydroxylation sites is 1. The van der Waals surface area contributed by atoms with Gasteiger partial charge in [0.15, 0.2) is 5.76 Å². The lowest BCUT2D eigenvalue weighted by Crippen LogP contribution is -2.27. The number of hydrogen-bond donors (Lipinski definition) is 1. The summed E-state index contributed by atoms with van der Waals surface area (Å²) in [6.07, 6.45) is 1.42. The first-order valence-corrected chi connectivity index (χ1v) is 7.59. The van der Waals surface area contributed by atoms with Crippen molar-refractivity contribution in [1.82, 2.24) is 0 Å². The Morgan fingerprint density at radius 2 is 1.96 bits per heavy atom. The maximum Gasteiger partial charge on any atom is 0.153 e. The van der Waals surface area contributed by atoms with Crippen LogP contribution in [-0.4, -0.2) is 11.7 Å². The number of aromatic carboxylic acids is 1. The van der Waals surface area contributed by atoms with E-state index in [0.717, 1.165) is 23.4 Å². The zero-order chi connectivity index (χ0) is 16.6. The smallest absolute Gasteiger partial charge is 0.153 e. The summed E-state index contributed by atoms with van der Waals surface area (Å²) in [6, 6.07) is 9.64. The molecular weight excluding hydrogens is 292 g/mol. The van der Waals surface area contributed by atoms with E-state index >= 15 is 0 Å². The van der Waals surface area contributed by atoms with E-state index in [9.17, 15) is 9.90 Å². The van der Waals surface area contributed by atoms with Gasteiger partial charge in [-0.2, -0.15) is 5.10 Å². The van der Waals surface area contributed by atoms with Gasteiger partial charge in [-0.25, -0.2) is 0 Å². The number of carbonyl (C=O) groups is 1. The number of carbonyl (C=O) groups excluding carboxylic acids is 1. The molecule has 0 saturated carbocycles. The van der Waals surface area contributed by atoms with Gasteiger partial charge in [-0.05, 0) is 30.9 Å². The van der Waals surface area contributed by atoms with Gasteiger partial charge in [-0.3, -0.25) is 5.43 Å². The maximum atomic E-state index is 11.2. The Labute approximate surface area is 135 Å². The van der Waals surface area contributed by atoms with E-state index < -0.39 is 5.97 Å². The molecule has 3 rings (SSSR count). The van der Waals surface area contributed by atoms with Crippen LogP contribution in [0.4, 0.5) is 5.69 Å². The number of carboxylic acids is 1. The Morgan fingerprint density at radius 1 is 1.26 bits per heavy atom. The van der Waals surface area contributed by atoms with Gasteiger partial charge in [0.2, 0.25) is 0 Å². The number of fused-ring (bicyclic) bond motifs is 1. The minimum Gasteiger partial charge on any atom is -0.542 e. The molecular formula is C18H19N2O3-. The maximum absolute atomic E-state index is 11.2. The number of furan rings is 1. The third-order valence-electron chi connectivity index (χ3n) is 4.07. The fourth-order valence-electron chi connectivity index (χ4n) is 3.05. The number of benzene rings is 1. The van der Waals surface area contributed by atoms with Gasteiger partial charge in [-0.1, -0.05) is 32.0 Å². The molecule has 0 aliphatic heterocycles. The Bertz CT molecular complexity index is 773. The van der Waals surface area contributed by atoms with Crippen molar-refractivity contribution in [1.29, 1.82) is 0 Å². The molecule has 1 N–H and O–H groups in total. The number of hydrazone groups is 1. The summed E-state index contributed by atoms with van der Waals surface area (Å²) in [6.45, 7) is 5.97. The van der Waals surface area contributed by atoms with Crippen LogP contribution in [-0.2, 0) is 6.42 Å². The molecule has 0 atom stereocenters. The van der Waals surface area contributed by atoms with Crippen LogP contribution in [0.1, 0.15) is 47.7 Å². The van der Waals surface area contributed by atoms with Crippen molar-refractivity contribution in [2.75, 3.05) is 5.43 Å². The summed E-state index contributed by atoms with van der Waals surface area (Å²) in [4.78, 5) is 11.2. The molecule has 0 amide bonds. The van der Waals surface area contributed by atoms with E-state index in [1.165, 1.54) is 0 Å². The van der Waals surface area contributed by atoms with Gasteiger partial charge >= 0.3 is 0 Å². The summed E-state index contributed by atoms with van der Waals surface area (Å²) >= 11 is 0. The highest BCUT2D eigenvalue weighted by atomic mass is 16.4. The fourth-order valence-corrected chi connectivity index (χ4v) is 3.05. The lowest BCUT2D eigenvalue weighted by Gasteiger charge is -2.29. The van der Waals surface area contributed by atoms with E-state index in [0.29, 0.717) is 17.7 Å². The highest BCUT2D eigenvalue weighted by molar-refractivity contribution is 6.06. The first-order chi connectivity index (χ1) is 10.9. The van der Waals surface area contributed by atoms with Gasteiger partial charge in [0.1, 0.15) is 11.7 Å². The molecule has 0 saturated heterocycles. The summed E-state index contributed by atoms with van der Waals surface area (Å²) in [5.74, 6) is -0.711. The number of hydrogen-bond acceptors (Lipinski definition) is 5. The lowest BCUT2D eigenvalue weighted by atomic mass is 9.75. The van der Waals surface area contributed by atoms with E-state index in [1.54, 1.807) is 6.92 Å². The van der Waals surface area contributed by atoms with Crippen LogP contribution in [0.3, 0.4) is 0 Å². The Hall–Kier alpha value is -2.56. The zero-order valence-electron chi connectivity index (χ0n) is 13.5. The van der Waals surface area contributed by atoms with Crippen LogP contribution in [0.15, 0.2) is 39.9 Å². The topological polar surface area (TPSA) is 77.7 Å². The summed E-state index contributed by atoms with van der Waals surface area (Å²) < 4.78 is 5.55. The van der Waals surface area contributed by atoms with Gasteiger partial charge < -0.3 is 14.3 Å². The van der Waals surface area contributed by atoms with Crippen molar-refractivity contribution in [3.63, 3.8) is 0 Å². The third-order valence-corrected chi connectivity index (χ3v) is 4.07.